The highest BCUT2D eigenvalue weighted by molar-refractivity contribution is 6.31. The maximum Gasteiger partial charge on any atom is 0.340 e. The molecule has 0 saturated carbocycles. The van der Waals surface area contributed by atoms with Crippen molar-refractivity contribution in [1.29, 1.82) is 0 Å². The standard InChI is InChI=1S/C17H15ClF2N2O3/c1-9(12-4-3-11(19)7-14(12)20)22-16(23)8-25-17(24)13-6-10(18)2-5-15(13)21/h2-7,9H,8,21H2,1H3,(H,22,23)/t9-/m1/s1. The molecule has 0 aliphatic heterocycles. The summed E-state index contributed by atoms with van der Waals surface area (Å²) in [7, 11) is 0. The quantitative estimate of drug-likeness (QED) is 0.627. The van der Waals surface area contributed by atoms with E-state index in [1.807, 2.05) is 0 Å². The molecule has 1 atom stereocenters. The van der Waals surface area contributed by atoms with Crippen LogP contribution in [0.4, 0.5) is 14.5 Å². The normalized spacial score (nSPS) is 11.7. The molecule has 2 aromatic rings. The summed E-state index contributed by atoms with van der Waals surface area (Å²) in [6.45, 7) is 0.933. The minimum Gasteiger partial charge on any atom is -0.452 e. The molecule has 0 saturated heterocycles. The number of benzene rings is 2. The number of carbonyl (C=O) groups is 2. The summed E-state index contributed by atoms with van der Waals surface area (Å²) in [4.78, 5) is 23.8. The van der Waals surface area contributed by atoms with Crippen molar-refractivity contribution in [2.45, 2.75) is 13.0 Å². The number of nitrogens with two attached hydrogens (primary N) is 1. The van der Waals surface area contributed by atoms with E-state index in [1.54, 1.807) is 0 Å². The average molecular weight is 369 g/mol. The van der Waals surface area contributed by atoms with Crippen LogP contribution in [0.2, 0.25) is 5.02 Å². The first-order valence-electron chi connectivity index (χ1n) is 7.24. The van der Waals surface area contributed by atoms with Crippen LogP contribution in [0.1, 0.15) is 28.9 Å². The third-order valence-electron chi connectivity index (χ3n) is 3.38. The van der Waals surface area contributed by atoms with E-state index in [4.69, 9.17) is 22.1 Å². The second-order valence-corrected chi connectivity index (χ2v) is 5.70. The van der Waals surface area contributed by atoms with E-state index >= 15 is 0 Å². The highest BCUT2D eigenvalue weighted by Crippen LogP contribution is 2.19. The zero-order valence-electron chi connectivity index (χ0n) is 13.2. The Kier molecular flexibility index (Phi) is 5.93. The second kappa shape index (κ2) is 7.94. The number of esters is 1. The molecule has 1 amide bonds. The van der Waals surface area contributed by atoms with Gasteiger partial charge in [0.25, 0.3) is 5.91 Å². The number of ether oxygens (including phenoxy) is 1. The van der Waals surface area contributed by atoms with Gasteiger partial charge >= 0.3 is 5.97 Å². The first-order valence-corrected chi connectivity index (χ1v) is 7.62. The van der Waals surface area contributed by atoms with Crippen LogP contribution in [0.25, 0.3) is 0 Å². The molecule has 25 heavy (non-hydrogen) atoms. The smallest absolute Gasteiger partial charge is 0.340 e. The van der Waals surface area contributed by atoms with E-state index in [9.17, 15) is 18.4 Å². The van der Waals surface area contributed by atoms with E-state index in [-0.39, 0.29) is 16.8 Å². The Morgan fingerprint density at radius 2 is 1.96 bits per heavy atom. The van der Waals surface area contributed by atoms with Crippen molar-refractivity contribution < 1.29 is 23.1 Å². The molecule has 0 heterocycles. The number of hydrogen-bond donors (Lipinski definition) is 2. The molecule has 132 valence electrons. The molecule has 0 spiro atoms. The lowest BCUT2D eigenvalue weighted by Gasteiger charge is -2.15. The number of carbonyl (C=O) groups excluding carboxylic acids is 2. The van der Waals surface area contributed by atoms with Crippen molar-refractivity contribution in [3.63, 3.8) is 0 Å². The summed E-state index contributed by atoms with van der Waals surface area (Å²) < 4.78 is 31.4. The van der Waals surface area contributed by atoms with Crippen LogP contribution in [-0.2, 0) is 9.53 Å². The molecule has 0 fully saturated rings. The van der Waals surface area contributed by atoms with Crippen molar-refractivity contribution in [3.05, 3.63) is 64.2 Å². The molecule has 0 aromatic heterocycles. The summed E-state index contributed by atoms with van der Waals surface area (Å²) in [6.07, 6.45) is 0. The Hall–Kier alpha value is -2.67. The molecule has 0 radical (unpaired) electrons. The third-order valence-corrected chi connectivity index (χ3v) is 3.61. The lowest BCUT2D eigenvalue weighted by Crippen LogP contribution is -2.31. The number of nitrogen functional groups attached to an aromatic ring is 1. The number of anilines is 1. The van der Waals surface area contributed by atoms with Gasteiger partial charge in [0.05, 0.1) is 11.6 Å². The summed E-state index contributed by atoms with van der Waals surface area (Å²) >= 11 is 5.78. The Morgan fingerprint density at radius 1 is 1.24 bits per heavy atom. The van der Waals surface area contributed by atoms with Gasteiger partial charge in [-0.2, -0.15) is 0 Å². The van der Waals surface area contributed by atoms with Gasteiger partial charge in [0.15, 0.2) is 6.61 Å². The number of nitrogens with one attached hydrogen (secondary N) is 1. The fraction of sp³-hybridized carbons (Fsp3) is 0.176. The van der Waals surface area contributed by atoms with Crippen molar-refractivity contribution in [2.24, 2.45) is 0 Å². The van der Waals surface area contributed by atoms with Crippen molar-refractivity contribution in [2.75, 3.05) is 12.3 Å². The number of hydrogen-bond acceptors (Lipinski definition) is 4. The SMILES string of the molecule is C[C@@H](NC(=O)COC(=O)c1cc(Cl)ccc1N)c1ccc(F)cc1F. The monoisotopic (exact) mass is 368 g/mol. The average Bonchev–Trinajstić information content (AvgIpc) is 2.54. The first kappa shape index (κ1) is 18.7. The van der Waals surface area contributed by atoms with Crippen LogP contribution in [0.15, 0.2) is 36.4 Å². The molecular formula is C17H15ClF2N2O3. The minimum absolute atomic E-state index is 0.0397. The van der Waals surface area contributed by atoms with Crippen LogP contribution in [-0.4, -0.2) is 18.5 Å². The van der Waals surface area contributed by atoms with Gasteiger partial charge < -0.3 is 15.8 Å². The van der Waals surface area contributed by atoms with Gasteiger partial charge in [0, 0.05) is 22.3 Å². The fourth-order valence-corrected chi connectivity index (χ4v) is 2.30. The largest absolute Gasteiger partial charge is 0.452 e. The predicted molar refractivity (Wildman–Crippen MR) is 89.1 cm³/mol. The predicted octanol–water partition coefficient (Wildman–Crippen LogP) is 3.23. The zero-order chi connectivity index (χ0) is 18.6. The molecule has 8 heteroatoms. The van der Waals surface area contributed by atoms with Gasteiger partial charge in [0.2, 0.25) is 0 Å². The number of amides is 1. The fourth-order valence-electron chi connectivity index (χ4n) is 2.13. The summed E-state index contributed by atoms with van der Waals surface area (Å²) in [6, 6.07) is 6.59. The summed E-state index contributed by atoms with van der Waals surface area (Å²) in [5.74, 6) is -2.95. The highest BCUT2D eigenvalue weighted by Gasteiger charge is 2.17. The summed E-state index contributed by atoms with van der Waals surface area (Å²) in [5, 5.41) is 2.75. The van der Waals surface area contributed by atoms with Gasteiger partial charge in [-0.05, 0) is 31.2 Å². The maximum absolute atomic E-state index is 13.7. The first-order chi connectivity index (χ1) is 11.8. The van der Waals surface area contributed by atoms with Gasteiger partial charge in [-0.3, -0.25) is 4.79 Å². The lowest BCUT2D eigenvalue weighted by molar-refractivity contribution is -0.124. The van der Waals surface area contributed by atoms with Crippen molar-refractivity contribution >= 4 is 29.2 Å². The van der Waals surface area contributed by atoms with Gasteiger partial charge in [-0.15, -0.1) is 0 Å². The van der Waals surface area contributed by atoms with Gasteiger partial charge in [0.1, 0.15) is 11.6 Å². The van der Waals surface area contributed by atoms with E-state index in [1.165, 1.54) is 31.2 Å². The molecule has 0 unspecified atom stereocenters. The molecule has 3 N–H and O–H groups in total. The topological polar surface area (TPSA) is 81.4 Å². The van der Waals surface area contributed by atoms with Crippen molar-refractivity contribution in [3.8, 4) is 0 Å². The third kappa shape index (κ3) is 4.90. The number of halogens is 3. The molecule has 2 aromatic carbocycles. The van der Waals surface area contributed by atoms with Gasteiger partial charge in [-0.1, -0.05) is 17.7 Å². The van der Waals surface area contributed by atoms with Crippen LogP contribution in [0, 0.1) is 11.6 Å². The molecule has 0 aliphatic carbocycles. The maximum atomic E-state index is 13.7. The summed E-state index contributed by atoms with van der Waals surface area (Å²) in [5.41, 5.74) is 5.96. The van der Waals surface area contributed by atoms with Crippen molar-refractivity contribution in [1.82, 2.24) is 5.32 Å². The van der Waals surface area contributed by atoms with Crippen LogP contribution in [0.3, 0.4) is 0 Å². The lowest BCUT2D eigenvalue weighted by atomic mass is 10.1. The zero-order valence-corrected chi connectivity index (χ0v) is 13.9. The Balaban J connectivity index is 1.94. The van der Waals surface area contributed by atoms with Gasteiger partial charge in [-0.25, -0.2) is 13.6 Å². The van der Waals surface area contributed by atoms with E-state index in [0.29, 0.717) is 5.02 Å². The minimum atomic E-state index is -0.809. The molecule has 2 rings (SSSR count). The Bertz CT molecular complexity index is 814. The van der Waals surface area contributed by atoms with Crippen LogP contribution in [0.5, 0.6) is 0 Å². The number of rotatable bonds is 5. The second-order valence-electron chi connectivity index (χ2n) is 5.26. The Morgan fingerprint density at radius 3 is 2.64 bits per heavy atom. The van der Waals surface area contributed by atoms with E-state index < -0.39 is 36.2 Å². The Labute approximate surface area is 147 Å². The van der Waals surface area contributed by atoms with E-state index in [0.717, 1.165) is 12.1 Å². The molecule has 5 nitrogen and oxygen atoms in total. The highest BCUT2D eigenvalue weighted by atomic mass is 35.5. The molecule has 0 bridgehead atoms. The molecular weight excluding hydrogens is 354 g/mol. The molecule has 0 aliphatic rings. The van der Waals surface area contributed by atoms with Crippen LogP contribution >= 0.6 is 11.6 Å². The van der Waals surface area contributed by atoms with E-state index in [2.05, 4.69) is 5.32 Å². The van der Waals surface area contributed by atoms with Crippen LogP contribution < -0.4 is 11.1 Å².